The molecule has 186 valence electrons. The quantitative estimate of drug-likeness (QED) is 0.427. The SMILES string of the molecule is NC1CCCCC1N(Cc1ccccc1NC(=O)c1ccc([N+](=O)[O-])cc1)C(=O)C1CCCCC1. The number of nitrogens with two attached hydrogens (primary N) is 1. The highest BCUT2D eigenvalue weighted by Crippen LogP contribution is 2.31. The first-order valence-corrected chi connectivity index (χ1v) is 12.6. The van der Waals surface area contributed by atoms with Crippen LogP contribution in [0.2, 0.25) is 0 Å². The Morgan fingerprint density at radius 3 is 2.29 bits per heavy atom. The maximum Gasteiger partial charge on any atom is 0.269 e. The Bertz CT molecular complexity index is 1050. The smallest absolute Gasteiger partial charge is 0.269 e. The minimum atomic E-state index is -0.495. The maximum absolute atomic E-state index is 13.7. The molecule has 0 bridgehead atoms. The Morgan fingerprint density at radius 2 is 1.60 bits per heavy atom. The molecule has 2 unspecified atom stereocenters. The van der Waals surface area contributed by atoms with Gasteiger partial charge < -0.3 is 16.0 Å². The number of hydrogen-bond donors (Lipinski definition) is 2. The second-order valence-electron chi connectivity index (χ2n) is 9.73. The number of carbonyl (C=O) groups excluding carboxylic acids is 2. The van der Waals surface area contributed by atoms with Crippen LogP contribution >= 0.6 is 0 Å². The average molecular weight is 479 g/mol. The van der Waals surface area contributed by atoms with Crippen LogP contribution in [0.4, 0.5) is 11.4 Å². The molecule has 2 aromatic rings. The number of carbonyl (C=O) groups is 2. The number of non-ortho nitro benzene ring substituents is 1. The molecule has 8 heteroatoms. The van der Waals surface area contributed by atoms with E-state index >= 15 is 0 Å². The summed E-state index contributed by atoms with van der Waals surface area (Å²) >= 11 is 0. The van der Waals surface area contributed by atoms with Gasteiger partial charge in [-0.05, 0) is 49.4 Å². The fraction of sp³-hybridized carbons (Fsp3) is 0.481. The molecule has 2 fully saturated rings. The van der Waals surface area contributed by atoms with Crippen LogP contribution in [0.1, 0.15) is 73.7 Å². The third kappa shape index (κ3) is 6.06. The van der Waals surface area contributed by atoms with Crippen LogP contribution in [0, 0.1) is 16.0 Å². The van der Waals surface area contributed by atoms with Gasteiger partial charge in [-0.15, -0.1) is 0 Å². The molecule has 4 rings (SSSR count). The Morgan fingerprint density at radius 1 is 0.943 bits per heavy atom. The molecule has 3 N–H and O–H groups in total. The van der Waals surface area contributed by atoms with Gasteiger partial charge in [0.1, 0.15) is 0 Å². The van der Waals surface area contributed by atoms with E-state index in [0.29, 0.717) is 17.8 Å². The van der Waals surface area contributed by atoms with Crippen molar-refractivity contribution in [3.05, 3.63) is 69.8 Å². The highest BCUT2D eigenvalue weighted by Gasteiger charge is 2.35. The maximum atomic E-state index is 13.7. The van der Waals surface area contributed by atoms with Crippen LogP contribution in [0.3, 0.4) is 0 Å². The predicted molar refractivity (Wildman–Crippen MR) is 135 cm³/mol. The van der Waals surface area contributed by atoms with E-state index in [1.807, 2.05) is 29.2 Å². The fourth-order valence-electron chi connectivity index (χ4n) is 5.36. The summed E-state index contributed by atoms with van der Waals surface area (Å²) in [6.07, 6.45) is 9.17. The van der Waals surface area contributed by atoms with Crippen molar-refractivity contribution in [1.82, 2.24) is 4.90 Å². The van der Waals surface area contributed by atoms with Gasteiger partial charge in [-0.25, -0.2) is 0 Å². The van der Waals surface area contributed by atoms with E-state index in [4.69, 9.17) is 5.73 Å². The lowest BCUT2D eigenvalue weighted by Gasteiger charge is -2.41. The molecule has 2 aliphatic rings. The van der Waals surface area contributed by atoms with Crippen molar-refractivity contribution >= 4 is 23.2 Å². The first kappa shape index (κ1) is 24.9. The first-order valence-electron chi connectivity index (χ1n) is 12.6. The van der Waals surface area contributed by atoms with Crippen LogP contribution < -0.4 is 11.1 Å². The minimum absolute atomic E-state index is 0.00314. The van der Waals surface area contributed by atoms with Crippen LogP contribution in [0.25, 0.3) is 0 Å². The molecule has 0 saturated heterocycles. The van der Waals surface area contributed by atoms with Crippen molar-refractivity contribution in [2.45, 2.75) is 76.4 Å². The lowest BCUT2D eigenvalue weighted by molar-refractivity contribution is -0.384. The van der Waals surface area contributed by atoms with Crippen molar-refractivity contribution in [3.8, 4) is 0 Å². The summed E-state index contributed by atoms with van der Waals surface area (Å²) in [4.78, 5) is 39.0. The first-order chi connectivity index (χ1) is 16.9. The number of nitrogens with zero attached hydrogens (tertiary/aromatic N) is 2. The van der Waals surface area contributed by atoms with E-state index in [1.54, 1.807) is 0 Å². The number of para-hydroxylation sites is 1. The predicted octanol–water partition coefficient (Wildman–Crippen LogP) is 5.03. The lowest BCUT2D eigenvalue weighted by atomic mass is 9.85. The van der Waals surface area contributed by atoms with Gasteiger partial charge in [0.05, 0.1) is 4.92 Å². The Kier molecular flexibility index (Phi) is 8.13. The number of rotatable bonds is 7. The van der Waals surface area contributed by atoms with Crippen LogP contribution in [0.15, 0.2) is 48.5 Å². The summed E-state index contributed by atoms with van der Waals surface area (Å²) in [6.45, 7) is 0.393. The van der Waals surface area contributed by atoms with Crippen molar-refractivity contribution in [2.75, 3.05) is 5.32 Å². The van der Waals surface area contributed by atoms with Gasteiger partial charge in [0.25, 0.3) is 11.6 Å². The minimum Gasteiger partial charge on any atom is -0.334 e. The highest BCUT2D eigenvalue weighted by molar-refractivity contribution is 6.04. The normalized spacial score (nSPS) is 20.7. The van der Waals surface area contributed by atoms with Crippen molar-refractivity contribution in [1.29, 1.82) is 0 Å². The molecule has 2 saturated carbocycles. The molecule has 0 radical (unpaired) electrons. The Labute approximate surface area is 206 Å². The molecule has 0 aromatic heterocycles. The topological polar surface area (TPSA) is 119 Å². The monoisotopic (exact) mass is 478 g/mol. The largest absolute Gasteiger partial charge is 0.334 e. The highest BCUT2D eigenvalue weighted by atomic mass is 16.6. The molecule has 2 aliphatic carbocycles. The molecule has 35 heavy (non-hydrogen) atoms. The summed E-state index contributed by atoms with van der Waals surface area (Å²) in [5, 5.41) is 13.8. The zero-order valence-corrected chi connectivity index (χ0v) is 20.0. The summed E-state index contributed by atoms with van der Waals surface area (Å²) < 4.78 is 0. The van der Waals surface area contributed by atoms with Gasteiger partial charge in [-0.2, -0.15) is 0 Å². The van der Waals surface area contributed by atoms with E-state index < -0.39 is 4.92 Å². The Balaban J connectivity index is 1.56. The average Bonchev–Trinajstić information content (AvgIpc) is 2.89. The van der Waals surface area contributed by atoms with Gasteiger partial charge in [0, 0.05) is 47.9 Å². The molecule has 2 atom stereocenters. The molecule has 8 nitrogen and oxygen atoms in total. The summed E-state index contributed by atoms with van der Waals surface area (Å²) in [5.74, 6) is -0.129. The standard InChI is InChI=1S/C27H34N4O4/c28-23-11-5-7-13-25(23)30(27(33)20-8-2-1-3-9-20)18-21-10-4-6-12-24(21)29-26(32)19-14-16-22(17-15-19)31(34)35/h4,6,10,12,14-17,20,23,25H,1-3,5,7-9,11,13,18,28H2,(H,29,32). The number of hydrogen-bond acceptors (Lipinski definition) is 5. The number of benzene rings is 2. The third-order valence-electron chi connectivity index (χ3n) is 7.37. The zero-order chi connectivity index (χ0) is 24.8. The molecular weight excluding hydrogens is 444 g/mol. The second-order valence-corrected chi connectivity index (χ2v) is 9.73. The van der Waals surface area contributed by atoms with Gasteiger partial charge >= 0.3 is 0 Å². The van der Waals surface area contributed by atoms with Crippen molar-refractivity contribution in [2.24, 2.45) is 11.7 Å². The van der Waals surface area contributed by atoms with E-state index in [2.05, 4.69) is 5.32 Å². The van der Waals surface area contributed by atoms with E-state index in [0.717, 1.165) is 56.9 Å². The Hall–Kier alpha value is -3.26. The number of nitro groups is 1. The number of nitro benzene ring substituents is 1. The van der Waals surface area contributed by atoms with Crippen LogP contribution in [0.5, 0.6) is 0 Å². The molecule has 2 amide bonds. The van der Waals surface area contributed by atoms with Gasteiger partial charge in [0.15, 0.2) is 0 Å². The van der Waals surface area contributed by atoms with E-state index in [9.17, 15) is 19.7 Å². The number of anilines is 1. The molecule has 0 spiro atoms. The zero-order valence-electron chi connectivity index (χ0n) is 20.0. The lowest BCUT2D eigenvalue weighted by Crippen LogP contribution is -2.53. The van der Waals surface area contributed by atoms with Gasteiger partial charge in [-0.3, -0.25) is 19.7 Å². The van der Waals surface area contributed by atoms with Crippen LogP contribution in [-0.2, 0) is 11.3 Å². The second kappa shape index (κ2) is 11.4. The van der Waals surface area contributed by atoms with Crippen molar-refractivity contribution in [3.63, 3.8) is 0 Å². The molecule has 0 aliphatic heterocycles. The molecule has 0 heterocycles. The van der Waals surface area contributed by atoms with E-state index in [1.165, 1.54) is 30.7 Å². The van der Waals surface area contributed by atoms with E-state index in [-0.39, 0.29) is 35.5 Å². The molecule has 2 aromatic carbocycles. The van der Waals surface area contributed by atoms with Gasteiger partial charge in [-0.1, -0.05) is 50.3 Å². The molecular formula is C27H34N4O4. The summed E-state index contributed by atoms with van der Waals surface area (Å²) in [7, 11) is 0. The fourth-order valence-corrected chi connectivity index (χ4v) is 5.36. The van der Waals surface area contributed by atoms with Gasteiger partial charge in [0.2, 0.25) is 5.91 Å². The third-order valence-corrected chi connectivity index (χ3v) is 7.37. The summed E-state index contributed by atoms with van der Waals surface area (Å²) in [6, 6.07) is 13.0. The number of nitrogens with one attached hydrogen (secondary N) is 1. The van der Waals surface area contributed by atoms with Crippen molar-refractivity contribution < 1.29 is 14.5 Å². The van der Waals surface area contributed by atoms with Crippen LogP contribution in [-0.4, -0.2) is 33.7 Å². The number of amides is 2. The summed E-state index contributed by atoms with van der Waals surface area (Å²) in [5.41, 5.74) is 8.26.